The Balaban J connectivity index is 2.04. The average Bonchev–Trinajstić information content (AvgIpc) is 2.13. The number of hydrogen-bond acceptors (Lipinski definition) is 3. The molecule has 0 aromatic carbocycles. The number of aryl methyl sites for hydroxylation is 1. The van der Waals surface area contributed by atoms with Crippen LogP contribution in [-0.4, -0.2) is 16.1 Å². The van der Waals surface area contributed by atoms with Crippen LogP contribution >= 0.6 is 11.6 Å². The molecule has 0 spiro atoms. The zero-order valence-electron chi connectivity index (χ0n) is 10.6. The van der Waals surface area contributed by atoms with Crippen LogP contribution in [0.1, 0.15) is 38.9 Å². The van der Waals surface area contributed by atoms with Crippen LogP contribution < -0.4 is 4.74 Å². The first-order chi connectivity index (χ1) is 8.02. The van der Waals surface area contributed by atoms with Crippen molar-refractivity contribution in [2.45, 2.75) is 46.1 Å². The third kappa shape index (κ3) is 3.56. The summed E-state index contributed by atoms with van der Waals surface area (Å²) in [5, 5.41) is 0.449. The number of aromatic nitrogens is 2. The van der Waals surface area contributed by atoms with Crippen molar-refractivity contribution in [2.75, 3.05) is 0 Å². The molecule has 1 fully saturated rings. The van der Waals surface area contributed by atoms with Gasteiger partial charge in [0.15, 0.2) is 0 Å². The summed E-state index contributed by atoms with van der Waals surface area (Å²) in [6.07, 6.45) is 3.76. The third-order valence-corrected chi connectivity index (χ3v) is 3.40. The van der Waals surface area contributed by atoms with E-state index in [4.69, 9.17) is 16.3 Å². The number of ether oxygens (including phenoxy) is 1. The van der Waals surface area contributed by atoms with Gasteiger partial charge in [0.1, 0.15) is 17.1 Å². The Morgan fingerprint density at radius 2 is 1.82 bits per heavy atom. The number of hydrogen-bond donors (Lipinski definition) is 0. The lowest BCUT2D eigenvalue weighted by molar-refractivity contribution is 0.0964. The summed E-state index contributed by atoms with van der Waals surface area (Å²) in [7, 11) is 0. The number of halogens is 1. The average molecular weight is 255 g/mol. The van der Waals surface area contributed by atoms with E-state index in [1.165, 1.54) is 6.42 Å². The molecule has 94 valence electrons. The Kier molecular flexibility index (Phi) is 3.87. The zero-order chi connectivity index (χ0) is 12.4. The van der Waals surface area contributed by atoms with Crippen molar-refractivity contribution >= 4 is 11.6 Å². The second-order valence-corrected chi connectivity index (χ2v) is 5.62. The van der Waals surface area contributed by atoms with Crippen molar-refractivity contribution in [3.8, 4) is 5.88 Å². The monoisotopic (exact) mass is 254 g/mol. The van der Waals surface area contributed by atoms with Gasteiger partial charge >= 0.3 is 0 Å². The van der Waals surface area contributed by atoms with E-state index in [9.17, 15) is 0 Å². The van der Waals surface area contributed by atoms with E-state index in [-0.39, 0.29) is 6.10 Å². The highest BCUT2D eigenvalue weighted by Gasteiger charge is 2.25. The Labute approximate surface area is 108 Å². The van der Waals surface area contributed by atoms with Crippen LogP contribution in [0.5, 0.6) is 5.88 Å². The second-order valence-electron chi connectivity index (χ2n) is 5.23. The second kappa shape index (κ2) is 5.21. The normalized spacial score (nSPS) is 29.1. The maximum atomic E-state index is 5.92. The van der Waals surface area contributed by atoms with E-state index in [2.05, 4.69) is 23.8 Å². The molecule has 0 bridgehead atoms. The molecule has 3 nitrogen and oxygen atoms in total. The van der Waals surface area contributed by atoms with Gasteiger partial charge in [0.25, 0.3) is 0 Å². The van der Waals surface area contributed by atoms with Crippen LogP contribution in [0.15, 0.2) is 6.07 Å². The Hall–Kier alpha value is -0.830. The van der Waals surface area contributed by atoms with Gasteiger partial charge < -0.3 is 4.74 Å². The van der Waals surface area contributed by atoms with Gasteiger partial charge in [0, 0.05) is 6.07 Å². The maximum absolute atomic E-state index is 5.92. The van der Waals surface area contributed by atoms with Crippen molar-refractivity contribution in [2.24, 2.45) is 11.8 Å². The summed E-state index contributed by atoms with van der Waals surface area (Å²) in [6.45, 7) is 6.39. The van der Waals surface area contributed by atoms with Crippen LogP contribution in [-0.2, 0) is 0 Å². The highest BCUT2D eigenvalue weighted by Crippen LogP contribution is 2.31. The van der Waals surface area contributed by atoms with Crippen molar-refractivity contribution in [3.63, 3.8) is 0 Å². The van der Waals surface area contributed by atoms with Gasteiger partial charge in [-0.15, -0.1) is 0 Å². The van der Waals surface area contributed by atoms with Crippen LogP contribution in [0, 0.1) is 18.8 Å². The molecule has 1 saturated carbocycles. The minimum absolute atomic E-state index is 0.263. The summed E-state index contributed by atoms with van der Waals surface area (Å²) in [5.41, 5.74) is 0. The van der Waals surface area contributed by atoms with Gasteiger partial charge in [-0.05, 0) is 38.0 Å². The summed E-state index contributed by atoms with van der Waals surface area (Å²) in [6, 6.07) is 1.69. The van der Waals surface area contributed by atoms with Gasteiger partial charge in [-0.2, -0.15) is 4.98 Å². The lowest BCUT2D eigenvalue weighted by atomic mass is 9.82. The van der Waals surface area contributed by atoms with Crippen LogP contribution in [0.2, 0.25) is 5.15 Å². The Bertz CT molecular complexity index is 367. The fourth-order valence-corrected chi connectivity index (χ4v) is 2.92. The van der Waals surface area contributed by atoms with Crippen LogP contribution in [0.4, 0.5) is 0 Å². The largest absolute Gasteiger partial charge is 0.474 e. The first kappa shape index (κ1) is 12.6. The topological polar surface area (TPSA) is 35.0 Å². The number of rotatable bonds is 2. The first-order valence-corrected chi connectivity index (χ1v) is 6.58. The molecule has 1 aromatic heterocycles. The molecular formula is C13H19ClN2O. The molecular weight excluding hydrogens is 236 g/mol. The Morgan fingerprint density at radius 1 is 1.18 bits per heavy atom. The predicted molar refractivity (Wildman–Crippen MR) is 68.4 cm³/mol. The van der Waals surface area contributed by atoms with Crippen molar-refractivity contribution in [1.29, 1.82) is 0 Å². The third-order valence-electron chi connectivity index (χ3n) is 3.21. The smallest absolute Gasteiger partial charge is 0.218 e. The lowest BCUT2D eigenvalue weighted by Crippen LogP contribution is -2.28. The fraction of sp³-hybridized carbons (Fsp3) is 0.692. The molecule has 0 radical (unpaired) electrons. The van der Waals surface area contributed by atoms with Gasteiger partial charge in [-0.1, -0.05) is 25.4 Å². The Morgan fingerprint density at radius 3 is 2.41 bits per heavy atom. The van der Waals surface area contributed by atoms with E-state index in [0.29, 0.717) is 16.9 Å². The lowest BCUT2D eigenvalue weighted by Gasteiger charge is -2.31. The highest BCUT2D eigenvalue weighted by atomic mass is 35.5. The van der Waals surface area contributed by atoms with Gasteiger partial charge in [0.05, 0.1) is 0 Å². The van der Waals surface area contributed by atoms with E-state index >= 15 is 0 Å². The molecule has 1 aliphatic rings. The van der Waals surface area contributed by atoms with Crippen molar-refractivity contribution in [1.82, 2.24) is 9.97 Å². The molecule has 2 atom stereocenters. The van der Waals surface area contributed by atoms with E-state index in [1.54, 1.807) is 6.07 Å². The summed E-state index contributed by atoms with van der Waals surface area (Å²) < 4.78 is 5.92. The maximum Gasteiger partial charge on any atom is 0.218 e. The fourth-order valence-electron chi connectivity index (χ4n) is 2.71. The molecule has 1 heterocycles. The minimum atomic E-state index is 0.263. The number of nitrogens with zero attached hydrogens (tertiary/aromatic N) is 2. The van der Waals surface area contributed by atoms with Gasteiger partial charge in [0.2, 0.25) is 5.88 Å². The molecule has 2 unspecified atom stereocenters. The summed E-state index contributed by atoms with van der Waals surface area (Å²) >= 11 is 5.89. The van der Waals surface area contributed by atoms with Gasteiger partial charge in [-0.25, -0.2) is 4.98 Å². The molecule has 0 amide bonds. The summed E-state index contributed by atoms with van der Waals surface area (Å²) in [5.74, 6) is 2.71. The highest BCUT2D eigenvalue weighted by molar-refractivity contribution is 6.29. The standard InChI is InChI=1S/C13H19ClN2O/c1-8-4-9(2)6-11(5-8)17-13-7-12(14)15-10(3)16-13/h7-9,11H,4-6H2,1-3H3. The van der Waals surface area contributed by atoms with Crippen LogP contribution in [0.25, 0.3) is 0 Å². The minimum Gasteiger partial charge on any atom is -0.474 e. The zero-order valence-corrected chi connectivity index (χ0v) is 11.4. The van der Waals surface area contributed by atoms with Crippen LogP contribution in [0.3, 0.4) is 0 Å². The molecule has 1 aliphatic carbocycles. The predicted octanol–water partition coefficient (Wildman–Crippen LogP) is 3.64. The van der Waals surface area contributed by atoms with Crippen molar-refractivity contribution < 1.29 is 4.74 Å². The summed E-state index contributed by atoms with van der Waals surface area (Å²) in [4.78, 5) is 8.29. The molecule has 0 saturated heterocycles. The van der Waals surface area contributed by atoms with E-state index in [0.717, 1.165) is 24.7 Å². The van der Waals surface area contributed by atoms with Crippen molar-refractivity contribution in [3.05, 3.63) is 17.0 Å². The van der Waals surface area contributed by atoms with E-state index in [1.807, 2.05) is 6.92 Å². The first-order valence-electron chi connectivity index (χ1n) is 6.20. The quantitative estimate of drug-likeness (QED) is 0.756. The molecule has 0 N–H and O–H groups in total. The molecule has 1 aromatic rings. The molecule has 17 heavy (non-hydrogen) atoms. The molecule has 2 rings (SSSR count). The molecule has 0 aliphatic heterocycles. The SMILES string of the molecule is Cc1nc(Cl)cc(OC2CC(C)CC(C)C2)n1. The molecule has 4 heteroatoms. The van der Waals surface area contributed by atoms with E-state index < -0.39 is 0 Å². The van der Waals surface area contributed by atoms with Gasteiger partial charge in [-0.3, -0.25) is 0 Å².